The average molecular weight is 287 g/mol. The number of ketones is 1. The number of rotatable bonds is 3. The van der Waals surface area contributed by atoms with E-state index in [0.29, 0.717) is 5.56 Å². The molecule has 1 aromatic heterocycles. The summed E-state index contributed by atoms with van der Waals surface area (Å²) < 4.78 is 18.3. The summed E-state index contributed by atoms with van der Waals surface area (Å²) in [7, 11) is 0. The third-order valence-corrected chi connectivity index (χ3v) is 3.21. The number of aliphatic hydroxyl groups is 1. The van der Waals surface area contributed by atoms with Gasteiger partial charge in [-0.25, -0.2) is 4.39 Å². The molecule has 2 aromatic rings. The molecule has 6 heteroatoms. The van der Waals surface area contributed by atoms with Crippen LogP contribution in [0, 0.1) is 5.82 Å². The van der Waals surface area contributed by atoms with Crippen LogP contribution in [0.15, 0.2) is 58.4 Å². The van der Waals surface area contributed by atoms with E-state index in [4.69, 9.17) is 4.42 Å². The van der Waals surface area contributed by atoms with Gasteiger partial charge in [0.05, 0.1) is 17.9 Å². The Kier molecular flexibility index (Phi) is 3.06. The molecule has 2 N–H and O–H groups in total. The van der Waals surface area contributed by atoms with Crippen LogP contribution in [0.2, 0.25) is 0 Å². The van der Waals surface area contributed by atoms with E-state index in [1.807, 2.05) is 0 Å². The van der Waals surface area contributed by atoms with Gasteiger partial charge < -0.3 is 14.8 Å². The van der Waals surface area contributed by atoms with Gasteiger partial charge >= 0.3 is 0 Å². The number of aliphatic hydroxyl groups excluding tert-OH is 1. The quantitative estimate of drug-likeness (QED) is 0.849. The molecule has 0 radical (unpaired) electrons. The molecule has 1 aromatic carbocycles. The standard InChI is InChI=1S/C15H10FNO4/c16-9-4-1-3-8(7-9)12-11(14(19)15(20)17-12)13(18)10-5-2-6-21-10/h1-7,12,19H,(H,17,20)/t12-/m0/s1. The van der Waals surface area contributed by atoms with Gasteiger partial charge in [-0.2, -0.15) is 0 Å². The second-order valence-corrected chi connectivity index (χ2v) is 4.53. The van der Waals surface area contributed by atoms with E-state index in [9.17, 15) is 19.1 Å². The number of amides is 1. The van der Waals surface area contributed by atoms with E-state index >= 15 is 0 Å². The zero-order valence-corrected chi connectivity index (χ0v) is 10.7. The van der Waals surface area contributed by atoms with E-state index < -0.39 is 29.3 Å². The molecule has 1 atom stereocenters. The molecule has 2 heterocycles. The number of carbonyl (C=O) groups is 2. The van der Waals surface area contributed by atoms with Gasteiger partial charge in [-0.1, -0.05) is 12.1 Å². The van der Waals surface area contributed by atoms with Crippen LogP contribution in [0.5, 0.6) is 0 Å². The van der Waals surface area contributed by atoms with Gasteiger partial charge in [0.15, 0.2) is 11.5 Å². The highest BCUT2D eigenvalue weighted by molar-refractivity contribution is 6.14. The van der Waals surface area contributed by atoms with Crippen LogP contribution in [0.3, 0.4) is 0 Å². The molecule has 0 fully saturated rings. The van der Waals surface area contributed by atoms with E-state index in [1.54, 1.807) is 6.07 Å². The number of carbonyl (C=O) groups excluding carboxylic acids is 2. The fraction of sp³-hybridized carbons (Fsp3) is 0.0667. The lowest BCUT2D eigenvalue weighted by molar-refractivity contribution is -0.119. The maximum absolute atomic E-state index is 13.3. The lowest BCUT2D eigenvalue weighted by Gasteiger charge is -2.13. The molecular weight excluding hydrogens is 277 g/mol. The van der Waals surface area contributed by atoms with E-state index in [-0.39, 0.29) is 11.3 Å². The molecule has 0 aliphatic carbocycles. The Hall–Kier alpha value is -2.89. The topological polar surface area (TPSA) is 79.5 Å². The van der Waals surface area contributed by atoms with Crippen molar-refractivity contribution in [3.05, 3.63) is 71.1 Å². The first-order valence-corrected chi connectivity index (χ1v) is 6.15. The summed E-state index contributed by atoms with van der Waals surface area (Å²) in [4.78, 5) is 24.0. The Morgan fingerprint density at radius 3 is 2.76 bits per heavy atom. The minimum absolute atomic E-state index is 0.00514. The summed E-state index contributed by atoms with van der Waals surface area (Å²) in [6.45, 7) is 0. The summed E-state index contributed by atoms with van der Waals surface area (Å²) in [5.41, 5.74) is 0.211. The highest BCUT2D eigenvalue weighted by Crippen LogP contribution is 2.32. The second-order valence-electron chi connectivity index (χ2n) is 4.53. The van der Waals surface area contributed by atoms with Crippen molar-refractivity contribution in [2.45, 2.75) is 6.04 Å². The molecule has 21 heavy (non-hydrogen) atoms. The third-order valence-electron chi connectivity index (χ3n) is 3.21. The molecule has 1 aliphatic heterocycles. The first kappa shape index (κ1) is 13.1. The Bertz CT molecular complexity index is 749. The summed E-state index contributed by atoms with van der Waals surface area (Å²) in [6, 6.07) is 7.49. The highest BCUT2D eigenvalue weighted by atomic mass is 19.1. The van der Waals surface area contributed by atoms with Crippen LogP contribution in [-0.2, 0) is 4.79 Å². The molecule has 3 rings (SSSR count). The van der Waals surface area contributed by atoms with Gasteiger partial charge in [0.2, 0.25) is 5.78 Å². The van der Waals surface area contributed by atoms with Gasteiger partial charge in [0.1, 0.15) is 5.82 Å². The number of benzene rings is 1. The Morgan fingerprint density at radius 2 is 2.10 bits per heavy atom. The van der Waals surface area contributed by atoms with E-state index in [2.05, 4.69) is 5.32 Å². The van der Waals surface area contributed by atoms with Crippen LogP contribution in [-0.4, -0.2) is 16.8 Å². The number of hydrogen-bond donors (Lipinski definition) is 2. The molecule has 106 valence electrons. The Morgan fingerprint density at radius 1 is 1.29 bits per heavy atom. The average Bonchev–Trinajstić information content (AvgIpc) is 3.08. The fourth-order valence-corrected chi connectivity index (χ4v) is 2.25. The van der Waals surface area contributed by atoms with Crippen LogP contribution in [0.1, 0.15) is 22.2 Å². The van der Waals surface area contributed by atoms with Gasteiger partial charge in [0, 0.05) is 0 Å². The maximum atomic E-state index is 13.3. The van der Waals surface area contributed by atoms with Gasteiger partial charge in [-0.05, 0) is 29.8 Å². The summed E-state index contributed by atoms with van der Waals surface area (Å²) in [5, 5.41) is 12.3. The molecule has 1 aliphatic rings. The Labute approximate surface area is 118 Å². The van der Waals surface area contributed by atoms with Crippen molar-refractivity contribution in [1.29, 1.82) is 0 Å². The molecular formula is C15H10FNO4. The number of furan rings is 1. The zero-order valence-electron chi connectivity index (χ0n) is 10.7. The number of Topliss-reactive ketones (excluding diaryl/α,β-unsaturated/α-hetero) is 1. The first-order chi connectivity index (χ1) is 10.1. The monoisotopic (exact) mass is 287 g/mol. The number of hydrogen-bond acceptors (Lipinski definition) is 4. The van der Waals surface area contributed by atoms with Gasteiger partial charge in [-0.3, -0.25) is 9.59 Å². The summed E-state index contributed by atoms with van der Waals surface area (Å²) in [5.74, 6) is -2.58. The smallest absolute Gasteiger partial charge is 0.287 e. The van der Waals surface area contributed by atoms with Crippen molar-refractivity contribution in [3.63, 3.8) is 0 Å². The Balaban J connectivity index is 2.06. The highest BCUT2D eigenvalue weighted by Gasteiger charge is 2.38. The van der Waals surface area contributed by atoms with Gasteiger partial charge in [0.25, 0.3) is 5.91 Å². The van der Waals surface area contributed by atoms with Crippen molar-refractivity contribution in [2.75, 3.05) is 0 Å². The van der Waals surface area contributed by atoms with E-state index in [1.165, 1.54) is 36.6 Å². The van der Waals surface area contributed by atoms with Gasteiger partial charge in [-0.15, -0.1) is 0 Å². The van der Waals surface area contributed by atoms with Crippen molar-refractivity contribution < 1.29 is 23.5 Å². The van der Waals surface area contributed by atoms with Crippen molar-refractivity contribution >= 4 is 11.7 Å². The van der Waals surface area contributed by atoms with Crippen molar-refractivity contribution in [3.8, 4) is 0 Å². The molecule has 5 nitrogen and oxygen atoms in total. The zero-order chi connectivity index (χ0) is 15.0. The van der Waals surface area contributed by atoms with Crippen LogP contribution >= 0.6 is 0 Å². The lowest BCUT2D eigenvalue weighted by atomic mass is 9.96. The maximum Gasteiger partial charge on any atom is 0.287 e. The molecule has 0 saturated carbocycles. The largest absolute Gasteiger partial charge is 0.503 e. The molecule has 0 bridgehead atoms. The minimum atomic E-state index is -0.911. The predicted octanol–water partition coefficient (Wildman–Crippen LogP) is 2.28. The SMILES string of the molecule is O=C1N[C@@H](c2cccc(F)c2)C(C(=O)c2ccco2)=C1O. The summed E-state index contributed by atoms with van der Waals surface area (Å²) in [6.07, 6.45) is 1.31. The number of nitrogens with one attached hydrogen (secondary N) is 1. The normalized spacial score (nSPS) is 18.0. The van der Waals surface area contributed by atoms with Crippen molar-refractivity contribution in [1.82, 2.24) is 5.32 Å². The third kappa shape index (κ3) is 2.20. The molecule has 0 spiro atoms. The molecule has 1 amide bonds. The van der Waals surface area contributed by atoms with Crippen LogP contribution in [0.25, 0.3) is 0 Å². The fourth-order valence-electron chi connectivity index (χ4n) is 2.25. The molecule has 0 saturated heterocycles. The number of halogens is 1. The first-order valence-electron chi connectivity index (χ1n) is 6.15. The second kappa shape index (κ2) is 4.90. The lowest BCUT2D eigenvalue weighted by Crippen LogP contribution is -2.23. The summed E-state index contributed by atoms with van der Waals surface area (Å²) >= 11 is 0. The van der Waals surface area contributed by atoms with Crippen LogP contribution < -0.4 is 5.32 Å². The minimum Gasteiger partial charge on any atom is -0.503 e. The van der Waals surface area contributed by atoms with E-state index in [0.717, 1.165) is 0 Å². The molecule has 0 unspecified atom stereocenters. The van der Waals surface area contributed by atoms with Crippen molar-refractivity contribution in [2.24, 2.45) is 0 Å². The predicted molar refractivity (Wildman–Crippen MR) is 70.0 cm³/mol. The van der Waals surface area contributed by atoms with Crippen LogP contribution in [0.4, 0.5) is 4.39 Å².